The zero-order valence-corrected chi connectivity index (χ0v) is 16.1. The van der Waals surface area contributed by atoms with Gasteiger partial charge in [-0.05, 0) is 41.5 Å². The molecule has 2 aromatic rings. The summed E-state index contributed by atoms with van der Waals surface area (Å²) in [5.41, 5.74) is 7.59. The largest absolute Gasteiger partial charge is 0.367 e. The first-order chi connectivity index (χ1) is 12.5. The minimum absolute atomic E-state index is 0.148. The predicted octanol–water partition coefficient (Wildman–Crippen LogP) is 4.93. The number of hydrogen-bond donors (Lipinski definition) is 1. The lowest BCUT2D eigenvalue weighted by Crippen LogP contribution is -2.29. The third-order valence-electron chi connectivity index (χ3n) is 3.13. The van der Waals surface area contributed by atoms with Crippen LogP contribution in [0.5, 0.6) is 0 Å². The van der Waals surface area contributed by atoms with Crippen LogP contribution in [0, 0.1) is 0 Å². The molecule has 0 aliphatic carbocycles. The third-order valence-corrected chi connectivity index (χ3v) is 4.12. The summed E-state index contributed by atoms with van der Waals surface area (Å²) in [6, 6.07) is 12.6. The van der Waals surface area contributed by atoms with Gasteiger partial charge in [0.25, 0.3) is 0 Å². The second kappa shape index (κ2) is 9.97. The number of rotatable bonds is 5. The van der Waals surface area contributed by atoms with Crippen molar-refractivity contribution in [3.05, 3.63) is 74.7 Å². The predicted molar refractivity (Wildman–Crippen MR) is 112 cm³/mol. The number of benzene rings is 2. The van der Waals surface area contributed by atoms with Gasteiger partial charge in [0.05, 0.1) is 16.3 Å². The maximum atomic E-state index is 5.95. The molecular formula is C18H16Cl3N5. The minimum atomic E-state index is 0.148. The molecule has 0 heterocycles. The normalized spacial score (nSPS) is 12.5. The summed E-state index contributed by atoms with van der Waals surface area (Å²) in [7, 11) is 1.67. The summed E-state index contributed by atoms with van der Waals surface area (Å²) >= 11 is 17.6. The molecule has 0 atom stereocenters. The summed E-state index contributed by atoms with van der Waals surface area (Å²) < 4.78 is 0. The lowest BCUT2D eigenvalue weighted by molar-refractivity contribution is 0.538. The van der Waals surface area contributed by atoms with Crippen LogP contribution in [0.2, 0.25) is 15.1 Å². The molecule has 0 amide bonds. The molecule has 8 heteroatoms. The Kier molecular flexibility index (Phi) is 7.66. The van der Waals surface area contributed by atoms with Crippen molar-refractivity contribution in [2.75, 3.05) is 7.05 Å². The molecule has 0 aliphatic heterocycles. The van der Waals surface area contributed by atoms with E-state index in [1.807, 2.05) is 24.3 Å². The number of halogens is 3. The Balaban J connectivity index is 1.91. The molecule has 0 spiro atoms. The maximum Gasteiger partial charge on any atom is 0.236 e. The van der Waals surface area contributed by atoms with E-state index in [0.29, 0.717) is 15.1 Å². The highest BCUT2D eigenvalue weighted by atomic mass is 35.5. The van der Waals surface area contributed by atoms with E-state index in [2.05, 4.69) is 15.3 Å². The van der Waals surface area contributed by atoms with E-state index >= 15 is 0 Å². The Hall–Kier alpha value is -2.34. The van der Waals surface area contributed by atoms with Gasteiger partial charge < -0.3 is 5.73 Å². The number of hydrogen-bond acceptors (Lipinski definition) is 3. The molecule has 0 saturated carbocycles. The topological polar surface area (TPSA) is 66.3 Å². The Morgan fingerprint density at radius 1 is 1.00 bits per heavy atom. The van der Waals surface area contributed by atoms with Gasteiger partial charge in [-0.1, -0.05) is 59.1 Å². The molecule has 0 radical (unpaired) electrons. The Morgan fingerprint density at radius 3 is 2.38 bits per heavy atom. The van der Waals surface area contributed by atoms with Crippen molar-refractivity contribution in [3.63, 3.8) is 0 Å². The average molecular weight is 409 g/mol. The quantitative estimate of drug-likeness (QED) is 0.433. The van der Waals surface area contributed by atoms with E-state index in [0.717, 1.165) is 11.1 Å². The highest BCUT2D eigenvalue weighted by molar-refractivity contribution is 6.42. The van der Waals surface area contributed by atoms with Crippen molar-refractivity contribution in [1.29, 1.82) is 0 Å². The van der Waals surface area contributed by atoms with Crippen LogP contribution < -0.4 is 5.73 Å². The Bertz CT molecular complexity index is 858. The molecule has 5 nitrogen and oxygen atoms in total. The van der Waals surface area contributed by atoms with Gasteiger partial charge in [0.2, 0.25) is 5.96 Å². The molecule has 2 aromatic carbocycles. The van der Waals surface area contributed by atoms with E-state index in [9.17, 15) is 0 Å². The summed E-state index contributed by atoms with van der Waals surface area (Å²) in [5, 5.41) is 15.0. The number of allylic oxidation sites excluding steroid dienone is 1. The van der Waals surface area contributed by atoms with Gasteiger partial charge in [-0.25, -0.2) is 5.01 Å². The maximum absolute atomic E-state index is 5.95. The van der Waals surface area contributed by atoms with Crippen LogP contribution in [-0.4, -0.2) is 30.4 Å². The van der Waals surface area contributed by atoms with Crippen LogP contribution in [0.15, 0.2) is 63.8 Å². The summed E-state index contributed by atoms with van der Waals surface area (Å²) in [4.78, 5) is 0. The van der Waals surface area contributed by atoms with Crippen molar-refractivity contribution in [1.82, 2.24) is 5.01 Å². The molecule has 0 aromatic heterocycles. The molecule has 26 heavy (non-hydrogen) atoms. The molecule has 0 bridgehead atoms. The SMILES string of the molecule is CN(N=Cc1ccc(Cl)cc1)C(N)=NN=CC=Cc1ccc(Cl)c(Cl)c1. The van der Waals surface area contributed by atoms with Crippen LogP contribution in [0.25, 0.3) is 6.08 Å². The van der Waals surface area contributed by atoms with Crippen molar-refractivity contribution in [3.8, 4) is 0 Å². The van der Waals surface area contributed by atoms with Gasteiger partial charge in [0.1, 0.15) is 0 Å². The standard InChI is InChI=1S/C18H16Cl3N5/c1-26(24-12-14-4-7-15(19)8-5-14)18(22)25-23-10-2-3-13-6-9-16(20)17(21)11-13/h2-12H,1H3,(H2,22,25). The van der Waals surface area contributed by atoms with Gasteiger partial charge in [-0.3, -0.25) is 0 Å². The third kappa shape index (κ3) is 6.52. The first-order valence-corrected chi connectivity index (χ1v) is 8.60. The van der Waals surface area contributed by atoms with Crippen molar-refractivity contribution >= 4 is 59.3 Å². The summed E-state index contributed by atoms with van der Waals surface area (Å²) in [5.74, 6) is 0.148. The van der Waals surface area contributed by atoms with E-state index in [-0.39, 0.29) is 5.96 Å². The fourth-order valence-electron chi connectivity index (χ4n) is 1.73. The summed E-state index contributed by atoms with van der Waals surface area (Å²) in [6.45, 7) is 0. The van der Waals surface area contributed by atoms with Gasteiger partial charge in [-0.15, -0.1) is 5.10 Å². The number of nitrogens with zero attached hydrogens (tertiary/aromatic N) is 4. The van der Waals surface area contributed by atoms with Crippen molar-refractivity contribution < 1.29 is 0 Å². The number of guanidine groups is 1. The van der Waals surface area contributed by atoms with Gasteiger partial charge in [0.15, 0.2) is 0 Å². The number of hydrazone groups is 1. The fraction of sp³-hybridized carbons (Fsp3) is 0.0556. The summed E-state index contributed by atoms with van der Waals surface area (Å²) in [6.07, 6.45) is 6.69. The van der Waals surface area contributed by atoms with E-state index in [4.69, 9.17) is 40.5 Å². The molecule has 0 saturated heterocycles. The molecule has 2 N–H and O–H groups in total. The van der Waals surface area contributed by atoms with E-state index in [1.54, 1.807) is 43.6 Å². The molecular weight excluding hydrogens is 393 g/mol. The highest BCUT2D eigenvalue weighted by Crippen LogP contribution is 2.22. The van der Waals surface area contributed by atoms with Gasteiger partial charge in [0, 0.05) is 18.3 Å². The van der Waals surface area contributed by atoms with Crippen LogP contribution in [0.3, 0.4) is 0 Å². The molecule has 0 fully saturated rings. The number of nitrogens with two attached hydrogens (primary N) is 1. The van der Waals surface area contributed by atoms with E-state index in [1.165, 1.54) is 11.2 Å². The van der Waals surface area contributed by atoms with Crippen LogP contribution in [0.4, 0.5) is 0 Å². The average Bonchev–Trinajstić information content (AvgIpc) is 2.63. The Morgan fingerprint density at radius 2 is 1.69 bits per heavy atom. The highest BCUT2D eigenvalue weighted by Gasteiger charge is 1.98. The van der Waals surface area contributed by atoms with Gasteiger partial charge >= 0.3 is 0 Å². The molecule has 0 unspecified atom stereocenters. The second-order valence-electron chi connectivity index (χ2n) is 5.08. The van der Waals surface area contributed by atoms with Crippen LogP contribution >= 0.6 is 34.8 Å². The molecule has 0 aliphatic rings. The fourth-order valence-corrected chi connectivity index (χ4v) is 2.16. The van der Waals surface area contributed by atoms with Crippen molar-refractivity contribution in [2.24, 2.45) is 21.0 Å². The second-order valence-corrected chi connectivity index (χ2v) is 6.33. The smallest absolute Gasteiger partial charge is 0.236 e. The first-order valence-electron chi connectivity index (χ1n) is 7.47. The monoisotopic (exact) mass is 407 g/mol. The van der Waals surface area contributed by atoms with E-state index < -0.39 is 0 Å². The minimum Gasteiger partial charge on any atom is -0.367 e. The first kappa shape index (κ1) is 20.0. The zero-order valence-electron chi connectivity index (χ0n) is 13.9. The zero-order chi connectivity index (χ0) is 18.9. The van der Waals surface area contributed by atoms with Crippen LogP contribution in [0.1, 0.15) is 11.1 Å². The lowest BCUT2D eigenvalue weighted by atomic mass is 10.2. The Labute approximate surface area is 167 Å². The molecule has 2 rings (SSSR count). The van der Waals surface area contributed by atoms with Crippen LogP contribution in [-0.2, 0) is 0 Å². The van der Waals surface area contributed by atoms with Gasteiger partial charge in [-0.2, -0.15) is 10.2 Å². The molecule has 134 valence electrons. The lowest BCUT2D eigenvalue weighted by Gasteiger charge is -2.09. The van der Waals surface area contributed by atoms with Crippen molar-refractivity contribution in [2.45, 2.75) is 0 Å².